The first kappa shape index (κ1) is 23.9. The van der Waals surface area contributed by atoms with E-state index in [0.29, 0.717) is 32.6 Å². The Labute approximate surface area is 196 Å². The van der Waals surface area contributed by atoms with Gasteiger partial charge in [0.05, 0.1) is 18.6 Å². The summed E-state index contributed by atoms with van der Waals surface area (Å²) in [5.74, 6) is -0.446. The second kappa shape index (κ2) is 10.2. The van der Waals surface area contributed by atoms with Crippen LogP contribution in [0.1, 0.15) is 17.2 Å². The SMILES string of the molecule is COc1cccc(S(=O)(=O)NC(=O)CNc2ccc(Cl)cc2C(O)c2ccccc2Cl)c1. The van der Waals surface area contributed by atoms with Crippen LogP contribution in [0.15, 0.2) is 71.6 Å². The van der Waals surface area contributed by atoms with Gasteiger partial charge in [-0.05, 0) is 36.4 Å². The summed E-state index contributed by atoms with van der Waals surface area (Å²) in [5.41, 5.74) is 1.24. The molecule has 1 atom stereocenters. The summed E-state index contributed by atoms with van der Waals surface area (Å²) in [6.07, 6.45) is -1.12. The first-order valence-electron chi connectivity index (χ1n) is 9.37. The summed E-state index contributed by atoms with van der Waals surface area (Å²) in [7, 11) is -2.67. The molecule has 0 saturated carbocycles. The molecule has 32 heavy (non-hydrogen) atoms. The number of carbonyl (C=O) groups excluding carboxylic acids is 1. The van der Waals surface area contributed by atoms with E-state index in [9.17, 15) is 18.3 Å². The van der Waals surface area contributed by atoms with Gasteiger partial charge in [0.1, 0.15) is 11.9 Å². The maximum atomic E-state index is 12.5. The number of rotatable bonds is 8. The molecule has 0 fully saturated rings. The van der Waals surface area contributed by atoms with Crippen LogP contribution in [0.3, 0.4) is 0 Å². The molecule has 0 heterocycles. The van der Waals surface area contributed by atoms with E-state index in [4.69, 9.17) is 27.9 Å². The summed E-state index contributed by atoms with van der Waals surface area (Å²) in [5, 5.41) is 14.4. The van der Waals surface area contributed by atoms with E-state index in [1.54, 1.807) is 48.5 Å². The molecule has 1 amide bonds. The molecule has 10 heteroatoms. The zero-order valence-corrected chi connectivity index (χ0v) is 19.2. The van der Waals surface area contributed by atoms with Gasteiger partial charge in [0.25, 0.3) is 15.9 Å². The van der Waals surface area contributed by atoms with Crippen LogP contribution in [0.4, 0.5) is 5.69 Å². The standard InChI is InChI=1S/C22H20Cl2N2O5S/c1-31-15-5-4-6-16(12-15)32(29,30)26-21(27)13-25-20-10-9-14(23)11-18(20)22(28)17-7-2-3-8-19(17)24/h2-12,22,25,28H,13H2,1H3,(H,26,27). The largest absolute Gasteiger partial charge is 0.497 e. The predicted octanol–water partition coefficient (Wildman–Crippen LogP) is 4.00. The van der Waals surface area contributed by atoms with E-state index < -0.39 is 22.0 Å². The number of methoxy groups -OCH3 is 1. The molecule has 3 N–H and O–H groups in total. The highest BCUT2D eigenvalue weighted by Gasteiger charge is 2.20. The average Bonchev–Trinajstić information content (AvgIpc) is 2.78. The molecule has 0 spiro atoms. The molecule has 1 unspecified atom stereocenters. The number of anilines is 1. The molecule has 0 bridgehead atoms. The van der Waals surface area contributed by atoms with Gasteiger partial charge in [-0.25, -0.2) is 13.1 Å². The number of benzene rings is 3. The minimum atomic E-state index is -4.09. The van der Waals surface area contributed by atoms with Crippen LogP contribution < -0.4 is 14.8 Å². The second-order valence-corrected chi connectivity index (χ2v) is 9.24. The monoisotopic (exact) mass is 494 g/mol. The Kier molecular flexibility index (Phi) is 7.63. The lowest BCUT2D eigenvalue weighted by molar-refractivity contribution is -0.117. The Morgan fingerprint density at radius 1 is 1.03 bits per heavy atom. The van der Waals surface area contributed by atoms with E-state index in [2.05, 4.69) is 5.32 Å². The van der Waals surface area contributed by atoms with Crippen molar-refractivity contribution in [1.82, 2.24) is 4.72 Å². The molecule has 0 aliphatic carbocycles. The van der Waals surface area contributed by atoms with Gasteiger partial charge in [0.2, 0.25) is 0 Å². The van der Waals surface area contributed by atoms with E-state index in [-0.39, 0.29) is 11.4 Å². The normalized spacial score (nSPS) is 12.1. The third-order valence-electron chi connectivity index (χ3n) is 4.55. The molecule has 3 aromatic rings. The van der Waals surface area contributed by atoms with Crippen LogP contribution >= 0.6 is 23.2 Å². The minimum Gasteiger partial charge on any atom is -0.497 e. The maximum Gasteiger partial charge on any atom is 0.264 e. The number of aliphatic hydroxyl groups is 1. The van der Waals surface area contributed by atoms with E-state index >= 15 is 0 Å². The lowest BCUT2D eigenvalue weighted by Crippen LogP contribution is -2.35. The molecule has 7 nitrogen and oxygen atoms in total. The van der Waals surface area contributed by atoms with Gasteiger partial charge < -0.3 is 15.2 Å². The summed E-state index contributed by atoms with van der Waals surface area (Å²) in [6, 6.07) is 17.3. The van der Waals surface area contributed by atoms with Crippen molar-refractivity contribution in [2.24, 2.45) is 0 Å². The number of nitrogens with one attached hydrogen (secondary N) is 2. The van der Waals surface area contributed by atoms with Crippen LogP contribution in [0.25, 0.3) is 0 Å². The Morgan fingerprint density at radius 3 is 2.50 bits per heavy atom. The van der Waals surface area contributed by atoms with Crippen molar-refractivity contribution in [3.05, 3.63) is 87.9 Å². The van der Waals surface area contributed by atoms with Gasteiger partial charge in [-0.2, -0.15) is 0 Å². The van der Waals surface area contributed by atoms with Crippen molar-refractivity contribution >= 4 is 44.8 Å². The highest BCUT2D eigenvalue weighted by atomic mass is 35.5. The van der Waals surface area contributed by atoms with Gasteiger partial charge in [-0.1, -0.05) is 47.5 Å². The zero-order chi connectivity index (χ0) is 23.3. The Balaban J connectivity index is 1.75. The smallest absolute Gasteiger partial charge is 0.264 e. The first-order chi connectivity index (χ1) is 15.2. The van der Waals surface area contributed by atoms with Gasteiger partial charge in [-0.3, -0.25) is 4.79 Å². The molecule has 3 rings (SSSR count). The molecule has 0 aliphatic rings. The highest BCUT2D eigenvalue weighted by Crippen LogP contribution is 2.34. The average molecular weight is 495 g/mol. The van der Waals surface area contributed by atoms with Crippen LogP contribution in [0.2, 0.25) is 10.0 Å². The van der Waals surface area contributed by atoms with Crippen molar-refractivity contribution in [3.8, 4) is 5.75 Å². The molecular formula is C22H20Cl2N2O5S. The van der Waals surface area contributed by atoms with E-state index in [1.807, 2.05) is 4.72 Å². The third kappa shape index (κ3) is 5.72. The lowest BCUT2D eigenvalue weighted by atomic mass is 9.99. The van der Waals surface area contributed by atoms with Crippen LogP contribution in [0.5, 0.6) is 5.75 Å². The van der Waals surface area contributed by atoms with Gasteiger partial charge in [0, 0.05) is 32.9 Å². The highest BCUT2D eigenvalue weighted by molar-refractivity contribution is 7.90. The number of sulfonamides is 1. The van der Waals surface area contributed by atoms with Crippen molar-refractivity contribution in [2.75, 3.05) is 19.0 Å². The lowest BCUT2D eigenvalue weighted by Gasteiger charge is -2.18. The molecule has 0 radical (unpaired) electrons. The fourth-order valence-electron chi connectivity index (χ4n) is 2.97. The van der Waals surface area contributed by atoms with Crippen LogP contribution in [0, 0.1) is 0 Å². The first-order valence-corrected chi connectivity index (χ1v) is 11.6. The topological polar surface area (TPSA) is 105 Å². The van der Waals surface area contributed by atoms with Crippen molar-refractivity contribution in [3.63, 3.8) is 0 Å². The molecule has 168 valence electrons. The summed E-state index contributed by atoms with van der Waals surface area (Å²) < 4.78 is 32.0. The molecule has 0 saturated heterocycles. The number of hydrogen-bond acceptors (Lipinski definition) is 6. The summed E-state index contributed by atoms with van der Waals surface area (Å²) in [4.78, 5) is 12.2. The molecule has 0 aromatic heterocycles. The number of aliphatic hydroxyl groups excluding tert-OH is 1. The second-order valence-electron chi connectivity index (χ2n) is 6.72. The Hall–Kier alpha value is -2.78. The molecular weight excluding hydrogens is 475 g/mol. The van der Waals surface area contributed by atoms with Crippen molar-refractivity contribution < 1.29 is 23.1 Å². The van der Waals surface area contributed by atoms with Crippen molar-refractivity contribution in [1.29, 1.82) is 0 Å². The predicted molar refractivity (Wildman–Crippen MR) is 124 cm³/mol. The van der Waals surface area contributed by atoms with Crippen LogP contribution in [-0.4, -0.2) is 33.1 Å². The third-order valence-corrected chi connectivity index (χ3v) is 6.50. The Morgan fingerprint density at radius 2 is 1.78 bits per heavy atom. The van der Waals surface area contributed by atoms with Gasteiger partial charge in [-0.15, -0.1) is 0 Å². The van der Waals surface area contributed by atoms with Crippen molar-refractivity contribution in [2.45, 2.75) is 11.0 Å². The van der Waals surface area contributed by atoms with E-state index in [1.165, 1.54) is 25.3 Å². The number of carbonyl (C=O) groups is 1. The number of halogens is 2. The fourth-order valence-corrected chi connectivity index (χ4v) is 4.41. The zero-order valence-electron chi connectivity index (χ0n) is 16.9. The number of ether oxygens (including phenoxy) is 1. The summed E-state index contributed by atoms with van der Waals surface area (Å²) in [6.45, 7) is -0.368. The molecule has 0 aliphatic heterocycles. The fraction of sp³-hybridized carbons (Fsp3) is 0.136. The van der Waals surface area contributed by atoms with E-state index in [0.717, 1.165) is 0 Å². The Bertz CT molecular complexity index is 1230. The molecule has 3 aromatic carbocycles. The maximum absolute atomic E-state index is 12.5. The number of hydrogen-bond donors (Lipinski definition) is 3. The number of amides is 1. The summed E-state index contributed by atoms with van der Waals surface area (Å²) >= 11 is 12.3. The van der Waals surface area contributed by atoms with Gasteiger partial charge >= 0.3 is 0 Å². The van der Waals surface area contributed by atoms with Gasteiger partial charge in [0.15, 0.2) is 0 Å². The van der Waals surface area contributed by atoms with Crippen LogP contribution in [-0.2, 0) is 14.8 Å². The minimum absolute atomic E-state index is 0.105. The quantitative estimate of drug-likeness (QED) is 0.437.